The first kappa shape index (κ1) is 17.5. The van der Waals surface area contributed by atoms with Crippen molar-refractivity contribution < 1.29 is 42.6 Å². The first-order chi connectivity index (χ1) is 10.7. The van der Waals surface area contributed by atoms with E-state index in [1.165, 1.54) is 13.2 Å². The van der Waals surface area contributed by atoms with Gasteiger partial charge in [0.1, 0.15) is 6.61 Å². The van der Waals surface area contributed by atoms with Gasteiger partial charge in [0.25, 0.3) is 0 Å². The SMILES string of the molecule is Cn1nnn(-c2cccc(CO)c2COc2cc[n-]n2)c1=O.[Y]. The van der Waals surface area contributed by atoms with Crippen molar-refractivity contribution in [2.45, 2.75) is 13.2 Å². The topological polar surface area (TPSA) is 109 Å². The van der Waals surface area contributed by atoms with Crippen molar-refractivity contribution >= 4 is 0 Å². The Kier molecular flexibility index (Phi) is 5.81. The van der Waals surface area contributed by atoms with Gasteiger partial charge < -0.3 is 20.0 Å². The molecule has 0 bridgehead atoms. The molecule has 23 heavy (non-hydrogen) atoms. The molecular weight excluding hydrogens is 377 g/mol. The van der Waals surface area contributed by atoms with Gasteiger partial charge in [-0.1, -0.05) is 12.1 Å². The van der Waals surface area contributed by atoms with Crippen LogP contribution in [0.25, 0.3) is 5.69 Å². The second-order valence-corrected chi connectivity index (χ2v) is 4.53. The number of aliphatic hydroxyl groups excluding tert-OH is 1. The summed E-state index contributed by atoms with van der Waals surface area (Å²) in [7, 11) is 1.51. The van der Waals surface area contributed by atoms with Crippen molar-refractivity contribution in [3.8, 4) is 11.6 Å². The molecule has 0 aliphatic rings. The Labute approximate surface area is 156 Å². The molecule has 0 spiro atoms. The molecule has 0 unspecified atom stereocenters. The normalized spacial score (nSPS) is 10.3. The molecule has 2 aromatic heterocycles. The number of nitrogens with zero attached hydrogens (tertiary/aromatic N) is 6. The monoisotopic (exact) mass is 390 g/mol. The van der Waals surface area contributed by atoms with E-state index in [0.29, 0.717) is 22.7 Å². The largest absolute Gasteiger partial charge is 0.579 e. The van der Waals surface area contributed by atoms with Crippen LogP contribution in [0.15, 0.2) is 35.3 Å². The maximum atomic E-state index is 12.0. The third-order valence-corrected chi connectivity index (χ3v) is 3.17. The number of aryl methyl sites for hydroxylation is 1. The number of ether oxygens (including phenoxy) is 1. The molecule has 1 radical (unpaired) electrons. The smallest absolute Gasteiger partial charge is 0.368 e. The number of rotatable bonds is 5. The Hall–Kier alpha value is -1.84. The van der Waals surface area contributed by atoms with Gasteiger partial charge in [-0.2, -0.15) is 15.6 Å². The molecule has 9 nitrogen and oxygen atoms in total. The van der Waals surface area contributed by atoms with Gasteiger partial charge >= 0.3 is 5.69 Å². The fourth-order valence-corrected chi connectivity index (χ4v) is 2.04. The van der Waals surface area contributed by atoms with Crippen LogP contribution in [0, 0.1) is 0 Å². The summed E-state index contributed by atoms with van der Waals surface area (Å²) in [5.74, 6) is 0.366. The molecule has 117 valence electrons. The van der Waals surface area contributed by atoms with Crippen LogP contribution in [-0.2, 0) is 53.0 Å². The first-order valence-electron chi connectivity index (χ1n) is 6.49. The van der Waals surface area contributed by atoms with Gasteiger partial charge in [-0.05, 0) is 28.1 Å². The summed E-state index contributed by atoms with van der Waals surface area (Å²) in [6.45, 7) is -0.0674. The zero-order valence-corrected chi connectivity index (χ0v) is 15.2. The average Bonchev–Trinajstić information content (AvgIpc) is 3.16. The molecule has 1 aromatic carbocycles. The van der Waals surface area contributed by atoms with Crippen molar-refractivity contribution in [2.75, 3.05) is 0 Å². The van der Waals surface area contributed by atoms with Crippen molar-refractivity contribution in [1.82, 2.24) is 30.0 Å². The summed E-state index contributed by atoms with van der Waals surface area (Å²) in [6, 6.07) is 6.81. The van der Waals surface area contributed by atoms with E-state index >= 15 is 0 Å². The van der Waals surface area contributed by atoms with Crippen molar-refractivity contribution in [3.63, 3.8) is 0 Å². The van der Waals surface area contributed by atoms with Crippen molar-refractivity contribution in [2.24, 2.45) is 7.05 Å². The second-order valence-electron chi connectivity index (χ2n) is 4.53. The third-order valence-electron chi connectivity index (χ3n) is 3.17. The van der Waals surface area contributed by atoms with Gasteiger partial charge in [-0.15, -0.1) is 0 Å². The standard InChI is InChI=1S/C13H13N6O3.Y/c1-18-13(21)19(17-16-18)11-4-2-3-9(7-20)10(11)8-22-12-5-6-14-15-12;/h2-6,20H,7-8H2,1H3;/q-1;. The predicted octanol–water partition coefficient (Wildman–Crippen LogP) is -0.613. The minimum atomic E-state index is -0.385. The minimum absolute atomic E-state index is 0. The number of hydrogen-bond donors (Lipinski definition) is 1. The number of benzene rings is 1. The Morgan fingerprint density at radius 2 is 2.13 bits per heavy atom. The third kappa shape index (κ3) is 3.57. The maximum absolute atomic E-state index is 12.0. The molecule has 3 rings (SSSR count). The van der Waals surface area contributed by atoms with E-state index in [9.17, 15) is 9.90 Å². The van der Waals surface area contributed by atoms with Crippen LogP contribution in [0.2, 0.25) is 0 Å². The molecule has 0 fully saturated rings. The Bertz CT molecular complexity index is 827. The zero-order valence-electron chi connectivity index (χ0n) is 12.3. The number of aliphatic hydroxyl groups is 1. The molecule has 3 aromatic rings. The van der Waals surface area contributed by atoms with E-state index in [1.807, 2.05) is 0 Å². The van der Waals surface area contributed by atoms with Gasteiger partial charge in [0.2, 0.25) is 0 Å². The number of aromatic nitrogens is 6. The summed E-state index contributed by atoms with van der Waals surface area (Å²) in [5.41, 5.74) is 1.39. The summed E-state index contributed by atoms with van der Waals surface area (Å²) in [5, 5.41) is 24.5. The second kappa shape index (κ2) is 7.62. The Balaban J connectivity index is 0.00000192. The van der Waals surface area contributed by atoms with Crippen LogP contribution in [-0.4, -0.2) is 30.0 Å². The van der Waals surface area contributed by atoms with Crippen LogP contribution < -0.4 is 15.5 Å². The number of hydrogen-bond acceptors (Lipinski definition) is 6. The van der Waals surface area contributed by atoms with Crippen LogP contribution >= 0.6 is 0 Å². The van der Waals surface area contributed by atoms with Crippen LogP contribution in [0.4, 0.5) is 0 Å². The average molecular weight is 390 g/mol. The molecule has 0 atom stereocenters. The van der Waals surface area contributed by atoms with Gasteiger partial charge in [0.15, 0.2) is 5.88 Å². The van der Waals surface area contributed by atoms with Gasteiger partial charge in [-0.3, -0.25) is 0 Å². The molecule has 0 aliphatic carbocycles. The van der Waals surface area contributed by atoms with Crippen molar-refractivity contribution in [3.05, 3.63) is 52.1 Å². The quantitative estimate of drug-likeness (QED) is 0.619. The Morgan fingerprint density at radius 1 is 1.30 bits per heavy atom. The first-order valence-corrected chi connectivity index (χ1v) is 6.49. The predicted molar refractivity (Wildman–Crippen MR) is 74.4 cm³/mol. The van der Waals surface area contributed by atoms with E-state index < -0.39 is 0 Å². The van der Waals surface area contributed by atoms with E-state index in [1.54, 1.807) is 24.3 Å². The maximum Gasteiger partial charge on any atom is 0.368 e. The van der Waals surface area contributed by atoms with Crippen LogP contribution in [0.1, 0.15) is 11.1 Å². The molecule has 10 heteroatoms. The van der Waals surface area contributed by atoms with Crippen LogP contribution in [0.5, 0.6) is 5.88 Å². The fraction of sp³-hybridized carbons (Fsp3) is 0.231. The van der Waals surface area contributed by atoms with E-state index in [-0.39, 0.29) is 51.6 Å². The van der Waals surface area contributed by atoms with Gasteiger partial charge in [-0.25, -0.2) is 4.79 Å². The summed E-state index contributed by atoms with van der Waals surface area (Å²) in [4.78, 5) is 12.0. The summed E-state index contributed by atoms with van der Waals surface area (Å²) < 4.78 is 7.81. The zero-order chi connectivity index (χ0) is 15.5. The van der Waals surface area contributed by atoms with E-state index in [2.05, 4.69) is 20.6 Å². The molecule has 0 saturated heterocycles. The Morgan fingerprint density at radius 3 is 2.74 bits per heavy atom. The molecule has 0 aliphatic heterocycles. The molecule has 2 heterocycles. The van der Waals surface area contributed by atoms with Crippen LogP contribution in [0.3, 0.4) is 0 Å². The minimum Gasteiger partial charge on any atom is -0.579 e. The summed E-state index contributed by atoms with van der Waals surface area (Å²) in [6.07, 6.45) is 1.52. The van der Waals surface area contributed by atoms with E-state index in [0.717, 1.165) is 9.36 Å². The molecule has 0 amide bonds. The fourth-order valence-electron chi connectivity index (χ4n) is 2.04. The van der Waals surface area contributed by atoms with Gasteiger partial charge in [0.05, 0.1) is 12.3 Å². The van der Waals surface area contributed by atoms with Gasteiger partial charge in [0, 0.05) is 45.3 Å². The van der Waals surface area contributed by atoms with E-state index in [4.69, 9.17) is 4.74 Å². The molecule has 0 saturated carbocycles. The van der Waals surface area contributed by atoms with Crippen molar-refractivity contribution in [1.29, 1.82) is 0 Å². The molecule has 1 N–H and O–H groups in total. The number of tetrazole rings is 1. The molecular formula is C13H13N6O3Y-. The summed E-state index contributed by atoms with van der Waals surface area (Å²) >= 11 is 0.